The van der Waals surface area contributed by atoms with Crippen LogP contribution in [0.5, 0.6) is 0 Å². The van der Waals surface area contributed by atoms with Crippen molar-refractivity contribution in [2.75, 3.05) is 13.1 Å². The molecule has 1 heterocycles. The molecule has 1 N–H and O–H groups in total. The maximum Gasteiger partial charge on any atom is 0.243 e. The van der Waals surface area contributed by atoms with E-state index in [1.807, 2.05) is 49.4 Å². The molecule has 0 bridgehead atoms. The second kappa shape index (κ2) is 6.75. The van der Waals surface area contributed by atoms with Gasteiger partial charge < -0.3 is 5.32 Å². The van der Waals surface area contributed by atoms with Crippen LogP contribution in [-0.4, -0.2) is 31.7 Å². The van der Waals surface area contributed by atoms with E-state index in [0.29, 0.717) is 12.1 Å². The first-order chi connectivity index (χ1) is 11.5. The van der Waals surface area contributed by atoms with Crippen LogP contribution in [0.4, 0.5) is 0 Å². The molecule has 1 saturated heterocycles. The van der Waals surface area contributed by atoms with Crippen LogP contribution in [0.1, 0.15) is 22.7 Å². The van der Waals surface area contributed by atoms with E-state index >= 15 is 0 Å². The largest absolute Gasteiger partial charge is 0.353 e. The number of sulfonamides is 1. The molecule has 126 valence electrons. The number of nitrogens with one attached hydrogen (secondary N) is 1. The summed E-state index contributed by atoms with van der Waals surface area (Å²) in [5.41, 5.74) is 2.48. The Morgan fingerprint density at radius 1 is 1.08 bits per heavy atom. The molecular formula is C18H20N2O3S. The van der Waals surface area contributed by atoms with E-state index < -0.39 is 16.1 Å². The molecule has 1 fully saturated rings. The van der Waals surface area contributed by atoms with E-state index in [4.69, 9.17) is 0 Å². The van der Waals surface area contributed by atoms with Crippen LogP contribution in [0, 0.1) is 6.92 Å². The van der Waals surface area contributed by atoms with E-state index in [-0.39, 0.29) is 18.2 Å². The summed E-state index contributed by atoms with van der Waals surface area (Å²) in [6, 6.07) is 15.6. The lowest BCUT2D eigenvalue weighted by molar-refractivity contribution is -0.126. The summed E-state index contributed by atoms with van der Waals surface area (Å²) in [4.78, 5) is 12.3. The van der Waals surface area contributed by atoms with Crippen molar-refractivity contribution >= 4 is 15.9 Å². The number of rotatable bonds is 4. The Balaban J connectivity index is 1.91. The molecule has 0 radical (unpaired) electrons. The summed E-state index contributed by atoms with van der Waals surface area (Å²) in [5, 5.41) is 2.76. The van der Waals surface area contributed by atoms with E-state index in [9.17, 15) is 13.2 Å². The average molecular weight is 344 g/mol. The molecule has 2 aromatic carbocycles. The zero-order valence-corrected chi connectivity index (χ0v) is 14.3. The molecule has 0 aliphatic carbocycles. The third kappa shape index (κ3) is 3.49. The molecule has 1 atom stereocenters. The van der Waals surface area contributed by atoms with Crippen molar-refractivity contribution in [2.24, 2.45) is 0 Å². The molecule has 1 aliphatic rings. The predicted octanol–water partition coefficient (Wildman–Crippen LogP) is 2.00. The molecule has 0 saturated carbocycles. The fraction of sp³-hybridized carbons (Fsp3) is 0.278. The summed E-state index contributed by atoms with van der Waals surface area (Å²) >= 11 is 0. The van der Waals surface area contributed by atoms with Crippen LogP contribution in [-0.2, 0) is 20.6 Å². The lowest BCUT2D eigenvalue weighted by Gasteiger charge is -2.34. The minimum atomic E-state index is -3.61. The maximum absolute atomic E-state index is 12.9. The van der Waals surface area contributed by atoms with Crippen molar-refractivity contribution in [3.05, 3.63) is 71.3 Å². The topological polar surface area (TPSA) is 66.5 Å². The highest BCUT2D eigenvalue weighted by Gasteiger charge is 2.38. The smallest absolute Gasteiger partial charge is 0.243 e. The van der Waals surface area contributed by atoms with Gasteiger partial charge in [-0.2, -0.15) is 4.31 Å². The van der Waals surface area contributed by atoms with Gasteiger partial charge in [-0.1, -0.05) is 60.2 Å². The van der Waals surface area contributed by atoms with Crippen molar-refractivity contribution in [3.63, 3.8) is 0 Å². The Hall–Kier alpha value is -2.18. The summed E-state index contributed by atoms with van der Waals surface area (Å²) in [7, 11) is -3.61. The second-order valence-corrected chi connectivity index (χ2v) is 7.88. The fourth-order valence-corrected chi connectivity index (χ4v) is 4.56. The van der Waals surface area contributed by atoms with E-state index in [1.165, 1.54) is 4.31 Å². The van der Waals surface area contributed by atoms with E-state index in [1.54, 1.807) is 12.1 Å². The molecule has 0 aromatic heterocycles. The van der Waals surface area contributed by atoms with Crippen LogP contribution in [0.2, 0.25) is 0 Å². The highest BCUT2D eigenvalue weighted by Crippen LogP contribution is 2.27. The van der Waals surface area contributed by atoms with Crippen LogP contribution in [0.25, 0.3) is 0 Å². The summed E-state index contributed by atoms with van der Waals surface area (Å²) in [6.07, 6.45) is 0. The van der Waals surface area contributed by atoms with E-state index in [2.05, 4.69) is 5.32 Å². The average Bonchev–Trinajstić information content (AvgIpc) is 2.57. The Morgan fingerprint density at radius 3 is 2.42 bits per heavy atom. The van der Waals surface area contributed by atoms with Crippen LogP contribution in [0.3, 0.4) is 0 Å². The van der Waals surface area contributed by atoms with Crippen molar-refractivity contribution < 1.29 is 13.2 Å². The SMILES string of the molecule is Cc1ccc(CS(=O)(=O)N2CCNC(=O)C2c2ccccc2)cc1. The first kappa shape index (κ1) is 16.7. The zero-order valence-electron chi connectivity index (χ0n) is 13.5. The molecular weight excluding hydrogens is 324 g/mol. The van der Waals surface area contributed by atoms with Gasteiger partial charge in [0.25, 0.3) is 0 Å². The Labute approximate surface area is 142 Å². The predicted molar refractivity (Wildman–Crippen MR) is 92.7 cm³/mol. The van der Waals surface area contributed by atoms with Crippen molar-refractivity contribution in [3.8, 4) is 0 Å². The number of benzene rings is 2. The minimum absolute atomic E-state index is 0.107. The standard InChI is InChI=1S/C18H20N2O3S/c1-14-7-9-15(10-8-14)13-24(22,23)20-12-11-19-18(21)17(20)16-5-3-2-4-6-16/h2-10,17H,11-13H2,1H3,(H,19,21). The Bertz CT molecular complexity index is 817. The third-order valence-electron chi connectivity index (χ3n) is 4.11. The lowest BCUT2D eigenvalue weighted by atomic mass is 10.1. The normalized spacial score (nSPS) is 19.0. The molecule has 1 unspecified atom stereocenters. The number of piperazine rings is 1. The second-order valence-electron chi connectivity index (χ2n) is 5.96. The number of nitrogens with zero attached hydrogens (tertiary/aromatic N) is 1. The molecule has 6 heteroatoms. The van der Waals surface area contributed by atoms with Gasteiger partial charge in [-0.3, -0.25) is 4.79 Å². The van der Waals surface area contributed by atoms with Gasteiger partial charge in [-0.15, -0.1) is 0 Å². The van der Waals surface area contributed by atoms with Crippen molar-refractivity contribution in [1.29, 1.82) is 0 Å². The van der Waals surface area contributed by atoms with E-state index in [0.717, 1.165) is 11.1 Å². The first-order valence-electron chi connectivity index (χ1n) is 7.85. The number of carbonyl (C=O) groups is 1. The number of carbonyl (C=O) groups excluding carboxylic acids is 1. The van der Waals surface area contributed by atoms with Gasteiger partial charge in [0.15, 0.2) is 0 Å². The molecule has 24 heavy (non-hydrogen) atoms. The Kier molecular flexibility index (Phi) is 4.69. The fourth-order valence-electron chi connectivity index (χ4n) is 2.88. The Morgan fingerprint density at radius 2 is 1.75 bits per heavy atom. The molecule has 2 aromatic rings. The minimum Gasteiger partial charge on any atom is -0.353 e. The van der Waals surface area contributed by atoms with Crippen molar-refractivity contribution in [2.45, 2.75) is 18.7 Å². The molecule has 1 aliphatic heterocycles. The monoisotopic (exact) mass is 344 g/mol. The molecule has 3 rings (SSSR count). The third-order valence-corrected chi connectivity index (χ3v) is 5.92. The number of aryl methyl sites for hydroxylation is 1. The van der Waals surface area contributed by atoms with Gasteiger partial charge in [-0.05, 0) is 18.1 Å². The summed E-state index contributed by atoms with van der Waals surface area (Å²) in [6.45, 7) is 2.56. The van der Waals surface area contributed by atoms with Gasteiger partial charge in [0.1, 0.15) is 6.04 Å². The van der Waals surface area contributed by atoms with Crippen LogP contribution < -0.4 is 5.32 Å². The zero-order chi connectivity index (χ0) is 17.2. The van der Waals surface area contributed by atoms with Gasteiger partial charge in [-0.25, -0.2) is 8.42 Å². The van der Waals surface area contributed by atoms with Gasteiger partial charge in [0, 0.05) is 13.1 Å². The van der Waals surface area contributed by atoms with Gasteiger partial charge in [0.2, 0.25) is 15.9 Å². The quantitative estimate of drug-likeness (QED) is 0.922. The molecule has 0 spiro atoms. The molecule has 1 amide bonds. The van der Waals surface area contributed by atoms with Crippen molar-refractivity contribution in [1.82, 2.24) is 9.62 Å². The van der Waals surface area contributed by atoms with Gasteiger partial charge in [0.05, 0.1) is 5.75 Å². The summed E-state index contributed by atoms with van der Waals surface area (Å²) in [5.74, 6) is -0.385. The number of amides is 1. The molecule has 5 nitrogen and oxygen atoms in total. The summed E-state index contributed by atoms with van der Waals surface area (Å²) < 4.78 is 27.2. The maximum atomic E-state index is 12.9. The number of hydrogen-bond donors (Lipinski definition) is 1. The highest BCUT2D eigenvalue weighted by atomic mass is 32.2. The first-order valence-corrected chi connectivity index (χ1v) is 9.46. The van der Waals surface area contributed by atoms with Crippen LogP contribution in [0.15, 0.2) is 54.6 Å². The van der Waals surface area contributed by atoms with Gasteiger partial charge >= 0.3 is 0 Å². The van der Waals surface area contributed by atoms with Crippen LogP contribution >= 0.6 is 0 Å². The number of hydrogen-bond acceptors (Lipinski definition) is 3. The lowest BCUT2D eigenvalue weighted by Crippen LogP contribution is -2.52. The highest BCUT2D eigenvalue weighted by molar-refractivity contribution is 7.88.